The molecule has 2 aromatic carbocycles. The van der Waals surface area contributed by atoms with Crippen LogP contribution in [0, 0.1) is 5.82 Å². The maximum absolute atomic E-state index is 14.1. The molecule has 2 aromatic heterocycles. The Morgan fingerprint density at radius 3 is 2.74 bits per heavy atom. The van der Waals surface area contributed by atoms with Gasteiger partial charge in [-0.2, -0.15) is 5.10 Å². The smallest absolute Gasteiger partial charge is 0.341 e. The maximum Gasteiger partial charge on any atom is 0.341 e. The number of thiocarbonyl (C=S) groups is 1. The van der Waals surface area contributed by atoms with E-state index in [1.54, 1.807) is 42.2 Å². The summed E-state index contributed by atoms with van der Waals surface area (Å²) in [6.45, 7) is 2.20. The first-order chi connectivity index (χ1) is 16.4. The number of halogens is 2. The number of nitrogens with one attached hydrogen (secondary N) is 2. The third-order valence-corrected chi connectivity index (χ3v) is 6.44. The highest BCUT2D eigenvalue weighted by molar-refractivity contribution is 7.80. The number of esters is 1. The van der Waals surface area contributed by atoms with Crippen molar-refractivity contribution in [3.05, 3.63) is 89.0 Å². The number of aromatic nitrogens is 2. The monoisotopic (exact) mass is 514 g/mol. The lowest BCUT2D eigenvalue weighted by Crippen LogP contribution is -2.19. The van der Waals surface area contributed by atoms with Crippen LogP contribution in [-0.4, -0.2) is 27.5 Å². The van der Waals surface area contributed by atoms with Crippen molar-refractivity contribution < 1.29 is 13.9 Å². The van der Waals surface area contributed by atoms with Crippen molar-refractivity contribution in [1.82, 2.24) is 9.78 Å². The van der Waals surface area contributed by atoms with Crippen LogP contribution < -0.4 is 10.6 Å². The Labute approximate surface area is 210 Å². The van der Waals surface area contributed by atoms with Crippen molar-refractivity contribution in [3.8, 4) is 10.4 Å². The van der Waals surface area contributed by atoms with Crippen molar-refractivity contribution in [2.24, 2.45) is 0 Å². The molecule has 2 heterocycles. The molecule has 0 aliphatic heterocycles. The first-order valence-corrected chi connectivity index (χ1v) is 11.9. The molecule has 0 radical (unpaired) electrons. The van der Waals surface area contributed by atoms with Crippen molar-refractivity contribution in [3.63, 3.8) is 0 Å². The summed E-state index contributed by atoms with van der Waals surface area (Å²) in [5.41, 5.74) is 2.34. The number of rotatable bonds is 7. The molecule has 4 aromatic rings. The van der Waals surface area contributed by atoms with Crippen LogP contribution >= 0.6 is 35.2 Å². The van der Waals surface area contributed by atoms with Gasteiger partial charge >= 0.3 is 5.97 Å². The number of nitrogens with zero attached hydrogens (tertiary/aromatic N) is 2. The molecule has 174 valence electrons. The molecule has 4 rings (SSSR count). The number of carbonyl (C=O) groups excluding carboxylic acids is 1. The third-order valence-electron chi connectivity index (χ3n) is 4.79. The Balaban J connectivity index is 1.49. The lowest BCUT2D eigenvalue weighted by molar-refractivity contribution is 0.0528. The molecule has 0 saturated heterocycles. The van der Waals surface area contributed by atoms with E-state index in [1.165, 1.54) is 17.4 Å². The molecule has 0 aliphatic rings. The Bertz CT molecular complexity index is 1300. The van der Waals surface area contributed by atoms with Crippen molar-refractivity contribution in [2.75, 3.05) is 17.2 Å². The number of anilines is 2. The summed E-state index contributed by atoms with van der Waals surface area (Å²) in [6, 6.07) is 16.1. The quantitative estimate of drug-likeness (QED) is 0.218. The fourth-order valence-electron chi connectivity index (χ4n) is 3.21. The van der Waals surface area contributed by atoms with Gasteiger partial charge in [0, 0.05) is 21.7 Å². The summed E-state index contributed by atoms with van der Waals surface area (Å²) in [4.78, 5) is 13.4. The Kier molecular flexibility index (Phi) is 7.56. The zero-order chi connectivity index (χ0) is 24.1. The minimum absolute atomic E-state index is 0.172. The van der Waals surface area contributed by atoms with Gasteiger partial charge in [0.25, 0.3) is 0 Å². The van der Waals surface area contributed by atoms with Gasteiger partial charge < -0.3 is 15.4 Å². The highest BCUT2D eigenvalue weighted by Gasteiger charge is 2.19. The van der Waals surface area contributed by atoms with E-state index in [-0.39, 0.29) is 18.3 Å². The molecule has 0 bridgehead atoms. The van der Waals surface area contributed by atoms with Crippen molar-refractivity contribution >= 4 is 56.9 Å². The van der Waals surface area contributed by atoms with E-state index in [4.69, 9.17) is 28.6 Å². The predicted molar refractivity (Wildman–Crippen MR) is 138 cm³/mol. The highest BCUT2D eigenvalue weighted by atomic mass is 35.5. The Morgan fingerprint density at radius 1 is 1.21 bits per heavy atom. The summed E-state index contributed by atoms with van der Waals surface area (Å²) < 4.78 is 20.8. The number of carbonyl (C=O) groups is 1. The van der Waals surface area contributed by atoms with Gasteiger partial charge in [0.05, 0.1) is 30.6 Å². The van der Waals surface area contributed by atoms with E-state index in [0.29, 0.717) is 26.8 Å². The van der Waals surface area contributed by atoms with Gasteiger partial charge in [-0.05, 0) is 42.9 Å². The molecular weight excluding hydrogens is 495 g/mol. The van der Waals surface area contributed by atoms with Crippen LogP contribution in [0.3, 0.4) is 0 Å². The molecule has 6 nitrogen and oxygen atoms in total. The van der Waals surface area contributed by atoms with Gasteiger partial charge in [-0.3, -0.25) is 4.68 Å². The molecule has 0 unspecified atom stereocenters. The highest BCUT2D eigenvalue weighted by Crippen LogP contribution is 2.36. The zero-order valence-electron chi connectivity index (χ0n) is 18.0. The van der Waals surface area contributed by atoms with Crippen molar-refractivity contribution in [1.29, 1.82) is 0 Å². The van der Waals surface area contributed by atoms with Crippen molar-refractivity contribution in [2.45, 2.75) is 13.5 Å². The van der Waals surface area contributed by atoms with E-state index >= 15 is 0 Å². The van der Waals surface area contributed by atoms with Gasteiger partial charge in [0.1, 0.15) is 10.8 Å². The topological polar surface area (TPSA) is 68.2 Å². The zero-order valence-corrected chi connectivity index (χ0v) is 20.4. The second-order valence-corrected chi connectivity index (χ2v) is 9.01. The fraction of sp³-hybridized carbons (Fsp3) is 0.125. The number of hydrogen-bond donors (Lipinski definition) is 2. The van der Waals surface area contributed by atoms with Crippen LogP contribution in [0.1, 0.15) is 22.8 Å². The molecule has 0 atom stereocenters. The normalized spacial score (nSPS) is 10.7. The third kappa shape index (κ3) is 5.61. The van der Waals surface area contributed by atoms with E-state index in [1.807, 2.05) is 30.3 Å². The molecule has 10 heteroatoms. The number of ether oxygens (including phenoxy) is 1. The minimum Gasteiger partial charge on any atom is -0.462 e. The van der Waals surface area contributed by atoms with Gasteiger partial charge in [-0.25, -0.2) is 9.18 Å². The van der Waals surface area contributed by atoms with E-state index in [2.05, 4.69) is 15.7 Å². The predicted octanol–water partition coefficient (Wildman–Crippen LogP) is 6.44. The molecule has 0 fully saturated rings. The summed E-state index contributed by atoms with van der Waals surface area (Å²) in [7, 11) is 0. The number of thiophene rings is 1. The fourth-order valence-corrected chi connectivity index (χ4v) is 4.78. The Morgan fingerprint density at radius 2 is 2.00 bits per heavy atom. The molecule has 34 heavy (non-hydrogen) atoms. The average molecular weight is 515 g/mol. The van der Waals surface area contributed by atoms with Gasteiger partial charge in [0.2, 0.25) is 0 Å². The largest absolute Gasteiger partial charge is 0.462 e. The summed E-state index contributed by atoms with van der Waals surface area (Å²) in [6.07, 6.45) is 3.26. The number of benzene rings is 2. The molecule has 0 amide bonds. The maximum atomic E-state index is 14.1. The second-order valence-electron chi connectivity index (χ2n) is 7.15. The SMILES string of the molecule is CCOC(=O)c1cc(-c2ccccc2)sc1NC(=S)Nc1cnn(Cc2c(F)cccc2Cl)c1. The van der Waals surface area contributed by atoms with E-state index in [9.17, 15) is 9.18 Å². The van der Waals surface area contributed by atoms with Gasteiger partial charge in [-0.15, -0.1) is 11.3 Å². The van der Waals surface area contributed by atoms with Crippen LogP contribution in [0.25, 0.3) is 10.4 Å². The molecule has 0 saturated carbocycles. The minimum atomic E-state index is -0.430. The van der Waals surface area contributed by atoms with Gasteiger partial charge in [0.15, 0.2) is 5.11 Å². The average Bonchev–Trinajstić information content (AvgIpc) is 3.44. The summed E-state index contributed by atoms with van der Waals surface area (Å²) in [5, 5.41) is 11.5. The Hall–Kier alpha value is -3.27. The second kappa shape index (κ2) is 10.8. The van der Waals surface area contributed by atoms with E-state index in [0.717, 1.165) is 10.4 Å². The lowest BCUT2D eigenvalue weighted by Gasteiger charge is -2.09. The molecular formula is C24H20ClFN4O2S2. The van der Waals surface area contributed by atoms with Crippen LogP contribution in [0.5, 0.6) is 0 Å². The van der Waals surface area contributed by atoms with Gasteiger partial charge in [-0.1, -0.05) is 48.0 Å². The lowest BCUT2D eigenvalue weighted by atomic mass is 10.1. The summed E-state index contributed by atoms with van der Waals surface area (Å²) in [5.74, 6) is -0.825. The van der Waals surface area contributed by atoms with Crippen LogP contribution in [0.4, 0.5) is 15.1 Å². The van der Waals surface area contributed by atoms with E-state index < -0.39 is 11.8 Å². The molecule has 0 aliphatic carbocycles. The van der Waals surface area contributed by atoms with Crippen LogP contribution in [0.15, 0.2) is 67.0 Å². The molecule has 2 N–H and O–H groups in total. The molecule has 0 spiro atoms. The first-order valence-electron chi connectivity index (χ1n) is 10.3. The van der Waals surface area contributed by atoms with Crippen LogP contribution in [-0.2, 0) is 11.3 Å². The number of hydrogen-bond acceptors (Lipinski definition) is 5. The first kappa shape index (κ1) is 23.9. The standard InChI is InChI=1S/C24H20ClFN4O2S2/c1-2-32-23(31)17-11-21(15-7-4-3-5-8-15)34-22(17)29-24(33)28-16-12-27-30(13-16)14-18-19(25)9-6-10-20(18)26/h3-13H,2,14H2,1H3,(H2,28,29,33). The summed E-state index contributed by atoms with van der Waals surface area (Å²) >= 11 is 13.0. The van der Waals surface area contributed by atoms with Crippen LogP contribution in [0.2, 0.25) is 5.02 Å².